The van der Waals surface area contributed by atoms with Gasteiger partial charge in [-0.1, -0.05) is 32.6 Å². The topological polar surface area (TPSA) is 122 Å². The lowest BCUT2D eigenvalue weighted by Crippen LogP contribution is -2.50. The van der Waals surface area contributed by atoms with Crippen molar-refractivity contribution in [3.8, 4) is 5.75 Å². The minimum absolute atomic E-state index is 0.0258. The predicted octanol–water partition coefficient (Wildman–Crippen LogP) is 4.18. The summed E-state index contributed by atoms with van der Waals surface area (Å²) in [5.41, 5.74) is 6.46. The molecule has 3 amide bonds. The molecular formula is C26H33F2N3O5Si. The monoisotopic (exact) mass is 533 g/mol. The molecule has 200 valence electrons. The Morgan fingerprint density at radius 2 is 1.76 bits per heavy atom. The molecule has 8 nitrogen and oxygen atoms in total. The standard InChI is InChI=1S/C26H33F2N3O5Si/c1-6-16(25(33)34)19-13-31(26(29)35)22(17-9-8-15(36-7-2)12-18(17)19)24(32)30-14-10-20(27)23(21(28)11-14)37(3,4)5/h8-12,16,19,22H,6-7,13H2,1-5H3,(H2,29,35)(H,30,32)(H,33,34)/t16?,19?,22-/m1/s1. The number of urea groups is 1. The molecule has 4 N–H and O–H groups in total. The number of hydrogen-bond acceptors (Lipinski definition) is 4. The molecule has 1 aliphatic heterocycles. The van der Waals surface area contributed by atoms with Crippen LogP contribution in [0.1, 0.15) is 43.4 Å². The van der Waals surface area contributed by atoms with E-state index in [2.05, 4.69) is 5.32 Å². The van der Waals surface area contributed by atoms with Gasteiger partial charge < -0.3 is 25.8 Å². The molecule has 0 fully saturated rings. The number of benzene rings is 2. The number of carbonyl (C=O) groups is 3. The van der Waals surface area contributed by atoms with E-state index in [4.69, 9.17) is 10.5 Å². The molecule has 1 heterocycles. The highest BCUT2D eigenvalue weighted by molar-refractivity contribution is 6.88. The van der Waals surface area contributed by atoms with Crippen molar-refractivity contribution < 1.29 is 33.0 Å². The maximum atomic E-state index is 14.8. The van der Waals surface area contributed by atoms with E-state index in [1.165, 1.54) is 0 Å². The van der Waals surface area contributed by atoms with Gasteiger partial charge >= 0.3 is 12.0 Å². The number of carboxylic acid groups (broad SMARTS) is 1. The van der Waals surface area contributed by atoms with Crippen LogP contribution in [0.25, 0.3) is 0 Å². The Balaban J connectivity index is 2.09. The minimum atomic E-state index is -2.33. The number of nitrogens with zero attached hydrogens (tertiary/aromatic N) is 1. The summed E-state index contributed by atoms with van der Waals surface area (Å²) in [5.74, 6) is -4.28. The first-order valence-electron chi connectivity index (χ1n) is 12.2. The summed E-state index contributed by atoms with van der Waals surface area (Å²) in [4.78, 5) is 39.1. The van der Waals surface area contributed by atoms with Gasteiger partial charge in [0.25, 0.3) is 5.91 Å². The fourth-order valence-electron chi connectivity index (χ4n) is 5.01. The van der Waals surface area contributed by atoms with Crippen molar-refractivity contribution in [1.82, 2.24) is 4.90 Å². The fourth-order valence-corrected chi connectivity index (χ4v) is 6.59. The van der Waals surface area contributed by atoms with Crippen molar-refractivity contribution in [2.24, 2.45) is 11.7 Å². The van der Waals surface area contributed by atoms with E-state index < -0.39 is 55.5 Å². The number of carboxylic acids is 1. The summed E-state index contributed by atoms with van der Waals surface area (Å²) in [7, 11) is -2.33. The fraction of sp³-hybridized carbons (Fsp3) is 0.423. The Morgan fingerprint density at radius 1 is 1.14 bits per heavy atom. The van der Waals surface area contributed by atoms with Crippen LogP contribution in [-0.2, 0) is 9.59 Å². The van der Waals surface area contributed by atoms with Gasteiger partial charge in [0.1, 0.15) is 23.4 Å². The van der Waals surface area contributed by atoms with Crippen molar-refractivity contribution in [3.05, 3.63) is 53.1 Å². The second-order valence-corrected chi connectivity index (χ2v) is 15.1. The minimum Gasteiger partial charge on any atom is -0.494 e. The second-order valence-electron chi connectivity index (χ2n) is 10.1. The number of hydrogen-bond donors (Lipinski definition) is 3. The van der Waals surface area contributed by atoms with Crippen molar-refractivity contribution in [3.63, 3.8) is 0 Å². The average Bonchev–Trinajstić information content (AvgIpc) is 2.77. The molecule has 0 aromatic heterocycles. The zero-order chi connectivity index (χ0) is 27.7. The largest absolute Gasteiger partial charge is 0.494 e. The Kier molecular flexibility index (Phi) is 8.26. The van der Waals surface area contributed by atoms with E-state index in [0.717, 1.165) is 17.0 Å². The van der Waals surface area contributed by atoms with Gasteiger partial charge in [0.15, 0.2) is 0 Å². The number of primary amides is 1. The summed E-state index contributed by atoms with van der Waals surface area (Å²) in [6, 6.07) is 4.85. The molecule has 0 bridgehead atoms. The number of anilines is 1. The third kappa shape index (κ3) is 5.76. The molecule has 2 unspecified atom stereocenters. The van der Waals surface area contributed by atoms with Crippen LogP contribution in [0.2, 0.25) is 19.6 Å². The van der Waals surface area contributed by atoms with Gasteiger partial charge in [0, 0.05) is 23.3 Å². The average molecular weight is 534 g/mol. The van der Waals surface area contributed by atoms with Gasteiger partial charge in [-0.2, -0.15) is 0 Å². The number of nitrogens with two attached hydrogens (primary N) is 1. The van der Waals surface area contributed by atoms with Crippen molar-refractivity contribution in [2.75, 3.05) is 18.5 Å². The highest BCUT2D eigenvalue weighted by atomic mass is 28.3. The van der Waals surface area contributed by atoms with Gasteiger partial charge in [0.2, 0.25) is 0 Å². The SMILES string of the molecule is CCOc1ccc2c(c1)C(C(CC)C(=O)O)CN(C(N)=O)[C@H]2C(=O)Nc1cc(F)c([Si](C)(C)C)c(F)c1. The number of fused-ring (bicyclic) bond motifs is 1. The molecule has 0 saturated heterocycles. The molecule has 2 aromatic rings. The summed E-state index contributed by atoms with van der Waals surface area (Å²) in [6.45, 7) is 9.21. The Labute approximate surface area is 215 Å². The van der Waals surface area contributed by atoms with Crippen molar-refractivity contribution >= 4 is 36.9 Å². The van der Waals surface area contributed by atoms with Crippen LogP contribution < -0.4 is 21.0 Å². The molecule has 0 spiro atoms. The van der Waals surface area contributed by atoms with E-state index in [1.807, 2.05) is 19.6 Å². The van der Waals surface area contributed by atoms with E-state index in [0.29, 0.717) is 23.5 Å². The molecule has 3 atom stereocenters. The van der Waals surface area contributed by atoms with Gasteiger partial charge in [-0.05, 0) is 48.7 Å². The quantitative estimate of drug-likeness (QED) is 0.440. The molecule has 3 rings (SSSR count). The summed E-state index contributed by atoms with van der Waals surface area (Å²) in [5, 5.41) is 12.4. The van der Waals surface area contributed by atoms with Crippen LogP contribution >= 0.6 is 0 Å². The molecule has 2 aromatic carbocycles. The van der Waals surface area contributed by atoms with Crippen molar-refractivity contribution in [2.45, 2.75) is 51.9 Å². The summed E-state index contributed by atoms with van der Waals surface area (Å²) < 4.78 is 35.2. The van der Waals surface area contributed by atoms with E-state index >= 15 is 0 Å². The van der Waals surface area contributed by atoms with Gasteiger partial charge in [-0.3, -0.25) is 9.59 Å². The number of amides is 3. The Hall–Kier alpha value is -3.47. The molecular weight excluding hydrogens is 500 g/mol. The van der Waals surface area contributed by atoms with Crippen LogP contribution in [0.4, 0.5) is 19.3 Å². The lowest BCUT2D eigenvalue weighted by Gasteiger charge is -2.41. The van der Waals surface area contributed by atoms with Gasteiger partial charge in [0.05, 0.1) is 20.6 Å². The Bertz CT molecular complexity index is 1190. The lowest BCUT2D eigenvalue weighted by molar-refractivity contribution is -0.143. The third-order valence-electron chi connectivity index (χ3n) is 6.60. The molecule has 0 aliphatic carbocycles. The summed E-state index contributed by atoms with van der Waals surface area (Å²) in [6.07, 6.45) is 0.282. The maximum absolute atomic E-state index is 14.8. The number of nitrogens with one attached hydrogen (secondary N) is 1. The van der Waals surface area contributed by atoms with E-state index in [9.17, 15) is 28.3 Å². The van der Waals surface area contributed by atoms with Crippen LogP contribution in [-0.4, -0.2) is 49.1 Å². The molecule has 0 radical (unpaired) electrons. The maximum Gasteiger partial charge on any atom is 0.315 e. The summed E-state index contributed by atoms with van der Waals surface area (Å²) >= 11 is 0. The van der Waals surface area contributed by atoms with Crippen LogP contribution in [0.3, 0.4) is 0 Å². The number of ether oxygens (including phenoxy) is 1. The first-order chi connectivity index (χ1) is 17.3. The number of halogens is 2. The second kappa shape index (κ2) is 10.9. The molecule has 11 heteroatoms. The van der Waals surface area contributed by atoms with Gasteiger partial charge in [-0.15, -0.1) is 0 Å². The molecule has 0 saturated carbocycles. The lowest BCUT2D eigenvalue weighted by atomic mass is 9.77. The van der Waals surface area contributed by atoms with E-state index in [-0.39, 0.29) is 23.8 Å². The highest BCUT2D eigenvalue weighted by Crippen LogP contribution is 2.42. The first-order valence-corrected chi connectivity index (χ1v) is 15.7. The van der Waals surface area contributed by atoms with Crippen LogP contribution in [0.15, 0.2) is 30.3 Å². The van der Waals surface area contributed by atoms with Crippen molar-refractivity contribution in [1.29, 1.82) is 0 Å². The highest BCUT2D eigenvalue weighted by Gasteiger charge is 2.43. The van der Waals surface area contributed by atoms with E-state index in [1.54, 1.807) is 32.0 Å². The molecule has 37 heavy (non-hydrogen) atoms. The van der Waals surface area contributed by atoms with Gasteiger partial charge in [-0.25, -0.2) is 13.6 Å². The zero-order valence-corrected chi connectivity index (χ0v) is 22.6. The molecule has 1 aliphatic rings. The number of carbonyl (C=O) groups excluding carboxylic acids is 2. The van der Waals surface area contributed by atoms with Crippen LogP contribution in [0, 0.1) is 17.6 Å². The number of aliphatic carboxylic acids is 1. The zero-order valence-electron chi connectivity index (χ0n) is 21.6. The third-order valence-corrected chi connectivity index (χ3v) is 8.58. The first kappa shape index (κ1) is 28.1. The normalized spacial score (nSPS) is 18.1. The predicted molar refractivity (Wildman–Crippen MR) is 139 cm³/mol. The van der Waals surface area contributed by atoms with Crippen LogP contribution in [0.5, 0.6) is 5.75 Å². The number of rotatable bonds is 8. The smallest absolute Gasteiger partial charge is 0.315 e. The Morgan fingerprint density at radius 3 is 2.24 bits per heavy atom.